The molecule has 1 rings (SSSR count). The van der Waals surface area contributed by atoms with Crippen LogP contribution in [-0.2, 0) is 4.79 Å². The SMILES string of the molecule is CC(C(=O)NN)n1cccc1. The van der Waals surface area contributed by atoms with Gasteiger partial charge in [0.2, 0.25) is 0 Å². The first-order chi connectivity index (χ1) is 5.25. The first kappa shape index (κ1) is 7.81. The second kappa shape index (κ2) is 3.21. The molecule has 0 fully saturated rings. The standard InChI is InChI=1S/C7H11N3O/c1-6(7(11)9-8)10-4-2-3-5-10/h2-6H,8H2,1H3,(H,9,11). The Kier molecular flexibility index (Phi) is 2.28. The number of nitrogens with one attached hydrogen (secondary N) is 1. The molecule has 1 unspecified atom stereocenters. The summed E-state index contributed by atoms with van der Waals surface area (Å²) in [5.74, 6) is 4.77. The molecule has 3 N–H and O–H groups in total. The summed E-state index contributed by atoms with van der Waals surface area (Å²) >= 11 is 0. The van der Waals surface area contributed by atoms with E-state index in [0.717, 1.165) is 0 Å². The number of hydrazine groups is 1. The van der Waals surface area contributed by atoms with Gasteiger partial charge in [0.25, 0.3) is 5.91 Å². The smallest absolute Gasteiger partial charge is 0.256 e. The number of nitrogens with two attached hydrogens (primary N) is 1. The van der Waals surface area contributed by atoms with Crippen molar-refractivity contribution in [2.24, 2.45) is 5.84 Å². The number of carbonyl (C=O) groups is 1. The molecule has 1 atom stereocenters. The van der Waals surface area contributed by atoms with Gasteiger partial charge in [-0.15, -0.1) is 0 Å². The quantitative estimate of drug-likeness (QED) is 0.358. The topological polar surface area (TPSA) is 60.1 Å². The van der Waals surface area contributed by atoms with E-state index in [1.54, 1.807) is 11.5 Å². The van der Waals surface area contributed by atoms with Crippen LogP contribution in [0.4, 0.5) is 0 Å². The fourth-order valence-corrected chi connectivity index (χ4v) is 0.862. The molecule has 0 aliphatic rings. The van der Waals surface area contributed by atoms with E-state index >= 15 is 0 Å². The molecular formula is C7H11N3O. The van der Waals surface area contributed by atoms with E-state index in [1.165, 1.54) is 0 Å². The third-order valence-electron chi connectivity index (χ3n) is 1.60. The highest BCUT2D eigenvalue weighted by Gasteiger charge is 2.10. The minimum Gasteiger partial charge on any atom is -0.342 e. The van der Waals surface area contributed by atoms with Crippen LogP contribution in [0.25, 0.3) is 0 Å². The van der Waals surface area contributed by atoms with Gasteiger partial charge in [-0.2, -0.15) is 0 Å². The maximum atomic E-state index is 11.0. The zero-order valence-corrected chi connectivity index (χ0v) is 6.32. The molecule has 1 aromatic rings. The predicted molar refractivity (Wildman–Crippen MR) is 41.5 cm³/mol. The van der Waals surface area contributed by atoms with Gasteiger partial charge in [-0.25, -0.2) is 5.84 Å². The number of hydrogen-bond donors (Lipinski definition) is 2. The Bertz CT molecular complexity index is 230. The Balaban J connectivity index is 2.70. The van der Waals surface area contributed by atoms with Crippen molar-refractivity contribution in [2.45, 2.75) is 13.0 Å². The summed E-state index contributed by atoms with van der Waals surface area (Å²) in [5, 5.41) is 0. The molecular weight excluding hydrogens is 142 g/mol. The van der Waals surface area contributed by atoms with Crippen LogP contribution in [0.3, 0.4) is 0 Å². The van der Waals surface area contributed by atoms with Gasteiger partial charge in [-0.3, -0.25) is 10.2 Å². The van der Waals surface area contributed by atoms with E-state index in [2.05, 4.69) is 5.43 Å². The zero-order chi connectivity index (χ0) is 8.27. The van der Waals surface area contributed by atoms with Gasteiger partial charge in [0.1, 0.15) is 6.04 Å². The van der Waals surface area contributed by atoms with E-state index in [-0.39, 0.29) is 11.9 Å². The van der Waals surface area contributed by atoms with Crippen molar-refractivity contribution < 1.29 is 4.79 Å². The highest BCUT2D eigenvalue weighted by atomic mass is 16.2. The maximum absolute atomic E-state index is 11.0. The highest BCUT2D eigenvalue weighted by molar-refractivity contribution is 5.79. The Morgan fingerprint density at radius 3 is 2.55 bits per heavy atom. The monoisotopic (exact) mass is 153 g/mol. The lowest BCUT2D eigenvalue weighted by Crippen LogP contribution is -2.35. The molecule has 60 valence electrons. The van der Waals surface area contributed by atoms with Gasteiger partial charge in [0.15, 0.2) is 0 Å². The van der Waals surface area contributed by atoms with Crippen LogP contribution in [-0.4, -0.2) is 10.5 Å². The normalized spacial score (nSPS) is 12.5. The zero-order valence-electron chi connectivity index (χ0n) is 6.32. The number of aromatic nitrogens is 1. The second-order valence-electron chi connectivity index (χ2n) is 2.31. The molecule has 0 aliphatic heterocycles. The summed E-state index contributed by atoms with van der Waals surface area (Å²) in [7, 11) is 0. The largest absolute Gasteiger partial charge is 0.342 e. The van der Waals surface area contributed by atoms with Crippen LogP contribution in [0, 0.1) is 0 Å². The minimum atomic E-state index is -0.241. The molecule has 0 spiro atoms. The number of amides is 1. The van der Waals surface area contributed by atoms with Crippen molar-refractivity contribution in [2.75, 3.05) is 0 Å². The molecule has 4 nitrogen and oxygen atoms in total. The molecule has 4 heteroatoms. The lowest BCUT2D eigenvalue weighted by molar-refractivity contribution is -0.123. The molecule has 0 radical (unpaired) electrons. The Hall–Kier alpha value is -1.29. The van der Waals surface area contributed by atoms with Gasteiger partial charge in [0.05, 0.1) is 0 Å². The minimum absolute atomic E-state index is 0.193. The second-order valence-corrected chi connectivity index (χ2v) is 2.31. The Labute approximate surface area is 65.0 Å². The average Bonchev–Trinajstić information content (AvgIpc) is 2.53. The van der Waals surface area contributed by atoms with Crippen molar-refractivity contribution in [3.63, 3.8) is 0 Å². The summed E-state index contributed by atoms with van der Waals surface area (Å²) < 4.78 is 1.78. The van der Waals surface area contributed by atoms with Crippen molar-refractivity contribution in [1.82, 2.24) is 9.99 Å². The molecule has 1 amide bonds. The Morgan fingerprint density at radius 1 is 1.55 bits per heavy atom. The van der Waals surface area contributed by atoms with E-state index in [9.17, 15) is 4.79 Å². The van der Waals surface area contributed by atoms with E-state index in [1.807, 2.05) is 24.5 Å². The molecule has 1 heterocycles. The third kappa shape index (κ3) is 1.59. The molecule has 0 bridgehead atoms. The average molecular weight is 153 g/mol. The maximum Gasteiger partial charge on any atom is 0.256 e. The first-order valence-corrected chi connectivity index (χ1v) is 3.38. The van der Waals surface area contributed by atoms with Crippen LogP contribution in [0.2, 0.25) is 0 Å². The van der Waals surface area contributed by atoms with Crippen molar-refractivity contribution in [3.05, 3.63) is 24.5 Å². The van der Waals surface area contributed by atoms with E-state index in [4.69, 9.17) is 5.84 Å². The van der Waals surface area contributed by atoms with Gasteiger partial charge in [0, 0.05) is 12.4 Å². The summed E-state index contributed by atoms with van der Waals surface area (Å²) in [6, 6.07) is 3.48. The van der Waals surface area contributed by atoms with Crippen molar-refractivity contribution in [1.29, 1.82) is 0 Å². The number of nitrogens with zero attached hydrogens (tertiary/aromatic N) is 1. The number of rotatable bonds is 2. The van der Waals surface area contributed by atoms with Gasteiger partial charge < -0.3 is 4.57 Å². The molecule has 11 heavy (non-hydrogen) atoms. The van der Waals surface area contributed by atoms with Crippen molar-refractivity contribution >= 4 is 5.91 Å². The number of hydrogen-bond acceptors (Lipinski definition) is 2. The predicted octanol–water partition coefficient (Wildman–Crippen LogP) is 0.0390. The van der Waals surface area contributed by atoms with Crippen LogP contribution in [0.15, 0.2) is 24.5 Å². The molecule has 0 aromatic carbocycles. The third-order valence-corrected chi connectivity index (χ3v) is 1.60. The van der Waals surface area contributed by atoms with Gasteiger partial charge >= 0.3 is 0 Å². The molecule has 0 aliphatic carbocycles. The summed E-state index contributed by atoms with van der Waals surface area (Å²) in [6.45, 7) is 1.78. The highest BCUT2D eigenvalue weighted by Crippen LogP contribution is 2.04. The van der Waals surface area contributed by atoms with E-state index < -0.39 is 0 Å². The number of carbonyl (C=O) groups excluding carboxylic acids is 1. The van der Waals surface area contributed by atoms with Gasteiger partial charge in [-0.1, -0.05) is 0 Å². The van der Waals surface area contributed by atoms with Crippen LogP contribution >= 0.6 is 0 Å². The summed E-state index contributed by atoms with van der Waals surface area (Å²) in [5.41, 5.74) is 2.09. The molecule has 1 aromatic heterocycles. The van der Waals surface area contributed by atoms with Crippen LogP contribution in [0.1, 0.15) is 13.0 Å². The first-order valence-electron chi connectivity index (χ1n) is 3.38. The fraction of sp³-hybridized carbons (Fsp3) is 0.286. The summed E-state index contributed by atoms with van der Waals surface area (Å²) in [6.07, 6.45) is 3.64. The van der Waals surface area contributed by atoms with Crippen LogP contribution in [0.5, 0.6) is 0 Å². The van der Waals surface area contributed by atoms with Crippen molar-refractivity contribution in [3.8, 4) is 0 Å². The van der Waals surface area contributed by atoms with E-state index in [0.29, 0.717) is 0 Å². The Morgan fingerprint density at radius 2 is 2.09 bits per heavy atom. The lowest BCUT2D eigenvalue weighted by atomic mass is 10.3. The summed E-state index contributed by atoms with van der Waals surface area (Å²) in [4.78, 5) is 11.0. The fourth-order valence-electron chi connectivity index (χ4n) is 0.862. The lowest BCUT2D eigenvalue weighted by Gasteiger charge is -2.10. The molecule has 0 saturated carbocycles. The van der Waals surface area contributed by atoms with Crippen LogP contribution < -0.4 is 11.3 Å². The molecule has 0 saturated heterocycles. The van der Waals surface area contributed by atoms with Gasteiger partial charge in [-0.05, 0) is 19.1 Å².